The van der Waals surface area contributed by atoms with Crippen LogP contribution in [0.2, 0.25) is 0 Å². The zero-order valence-electron chi connectivity index (χ0n) is 30.8. The molecule has 1 aromatic carbocycles. The van der Waals surface area contributed by atoms with Gasteiger partial charge in [0.2, 0.25) is 5.82 Å². The Labute approximate surface area is 335 Å². The molecule has 7 aromatic rings. The summed E-state index contributed by atoms with van der Waals surface area (Å²) in [7, 11) is 5.69. The Bertz CT molecular complexity index is 2920. The molecule has 0 spiro atoms. The van der Waals surface area contributed by atoms with E-state index < -0.39 is 34.6 Å². The van der Waals surface area contributed by atoms with Gasteiger partial charge in [-0.15, -0.1) is 22.1 Å². The zero-order chi connectivity index (χ0) is 38.8. The van der Waals surface area contributed by atoms with Gasteiger partial charge in [-0.25, -0.2) is 45.6 Å². The molecule has 2 aliphatic rings. The largest absolute Gasteiger partial charge is 2.00 e. The summed E-state index contributed by atoms with van der Waals surface area (Å²) in [6.45, 7) is 0. The summed E-state index contributed by atoms with van der Waals surface area (Å²) in [5.74, 6) is -10.4. The molecule has 2 aliphatic heterocycles. The van der Waals surface area contributed by atoms with E-state index in [0.717, 1.165) is 22.3 Å². The Hall–Kier alpha value is -6.46. The van der Waals surface area contributed by atoms with E-state index >= 15 is 8.78 Å². The van der Waals surface area contributed by atoms with E-state index in [-0.39, 0.29) is 36.3 Å². The number of aryl methyl sites for hydroxylation is 3. The fraction of sp³-hybridized carbons (Fsp3) is 0.0682. The molecule has 6 aromatic heterocycles. The summed E-state index contributed by atoms with van der Waals surface area (Å²) >= 11 is 0. The Morgan fingerprint density at radius 1 is 0.368 bits per heavy atom. The molecule has 0 N–H and O–H groups in total. The molecular formula is C44H29F5N7Zn+3. The predicted molar refractivity (Wildman–Crippen MR) is 202 cm³/mol. The van der Waals surface area contributed by atoms with Crippen molar-refractivity contribution in [3.63, 3.8) is 0 Å². The van der Waals surface area contributed by atoms with Crippen LogP contribution in [0.3, 0.4) is 0 Å². The molecule has 9 rings (SSSR count). The molecule has 13 heteroatoms. The van der Waals surface area contributed by atoms with Crippen LogP contribution in [0, 0.1) is 29.1 Å². The number of benzene rings is 1. The van der Waals surface area contributed by atoms with E-state index in [1.807, 2.05) is 133 Å². The second-order valence-electron chi connectivity index (χ2n) is 13.6. The maximum atomic E-state index is 15.8. The molecule has 0 saturated heterocycles. The maximum absolute atomic E-state index is 15.8. The second-order valence-corrected chi connectivity index (χ2v) is 13.6. The summed E-state index contributed by atoms with van der Waals surface area (Å²) in [4.78, 5) is 20.0. The Kier molecular flexibility index (Phi) is 9.57. The van der Waals surface area contributed by atoms with Crippen LogP contribution in [-0.2, 0) is 40.6 Å². The summed E-state index contributed by atoms with van der Waals surface area (Å²) in [6.07, 6.45) is 18.2. The van der Waals surface area contributed by atoms with Crippen molar-refractivity contribution < 1.29 is 55.1 Å². The standard InChI is InChI=1S/C44H29F5N7.Zn/c1-54-18-12-24(13-19-54)35-27-4-6-29(50-27)36(25-14-20-55(2)21-15-25)31-8-10-33(52-31)38(39-40(45)42(47)44(49)43(48)41(39)46)34-11-9-32(53-34)37(30-7-5-28(35)51-30)26-16-22-56(3)23-17-26;/h4-23H,1-3H3;/q+1;+2. The van der Waals surface area contributed by atoms with Crippen molar-refractivity contribution in [2.24, 2.45) is 21.1 Å². The summed E-state index contributed by atoms with van der Waals surface area (Å²) in [5.41, 5.74) is 5.66. The number of aromatic nitrogens is 7. The van der Waals surface area contributed by atoms with Crippen molar-refractivity contribution in [2.45, 2.75) is 0 Å². The topological polar surface area (TPSA) is 65.6 Å². The Balaban J connectivity index is 0.00000455. The first kappa shape index (κ1) is 37.5. The average Bonchev–Trinajstić information content (AvgIpc) is 4.04. The molecular weight excluding hydrogens is 787 g/mol. The minimum Gasteiger partial charge on any atom is -0.657 e. The normalized spacial score (nSPS) is 11.9. The fourth-order valence-corrected chi connectivity index (χ4v) is 7.06. The van der Waals surface area contributed by atoms with Gasteiger partial charge in [0.25, 0.3) is 0 Å². The summed E-state index contributed by atoms with van der Waals surface area (Å²) in [6, 6.07) is 18.4. The number of pyridine rings is 3. The van der Waals surface area contributed by atoms with Crippen molar-refractivity contribution in [3.05, 3.63) is 150 Å². The quantitative estimate of drug-likeness (QED) is 0.0600. The maximum Gasteiger partial charge on any atom is 2.00 e. The molecule has 7 nitrogen and oxygen atoms in total. The molecule has 0 radical (unpaired) electrons. The van der Waals surface area contributed by atoms with Gasteiger partial charge in [-0.1, -0.05) is 24.3 Å². The number of hydrogen-bond donors (Lipinski definition) is 0. The summed E-state index contributed by atoms with van der Waals surface area (Å²) in [5, 5.41) is 0. The van der Waals surface area contributed by atoms with Crippen molar-refractivity contribution >= 4 is 46.4 Å². The van der Waals surface area contributed by atoms with Gasteiger partial charge in [0.05, 0.1) is 28.3 Å². The average molecular weight is 816 g/mol. The predicted octanol–water partition coefficient (Wildman–Crippen LogP) is 7.75. The van der Waals surface area contributed by atoms with E-state index in [1.54, 1.807) is 12.1 Å². The Morgan fingerprint density at radius 2 is 0.632 bits per heavy atom. The number of nitrogens with zero attached hydrogens (tertiary/aromatic N) is 7. The van der Waals surface area contributed by atoms with Crippen LogP contribution in [0.1, 0.15) is 22.8 Å². The Morgan fingerprint density at radius 3 is 0.947 bits per heavy atom. The molecule has 0 aliphatic carbocycles. The molecule has 8 heterocycles. The van der Waals surface area contributed by atoms with E-state index in [9.17, 15) is 13.2 Å². The first-order valence-corrected chi connectivity index (χ1v) is 17.5. The van der Waals surface area contributed by atoms with Crippen LogP contribution < -0.4 is 23.7 Å². The van der Waals surface area contributed by atoms with Gasteiger partial charge >= 0.3 is 19.5 Å². The first-order valence-electron chi connectivity index (χ1n) is 17.5. The van der Waals surface area contributed by atoms with Crippen molar-refractivity contribution in [2.75, 3.05) is 0 Å². The van der Waals surface area contributed by atoms with Gasteiger partial charge in [-0.05, 0) is 63.2 Å². The molecule has 0 unspecified atom stereocenters. The van der Waals surface area contributed by atoms with Crippen molar-refractivity contribution in [1.82, 2.24) is 19.9 Å². The van der Waals surface area contributed by atoms with E-state index in [2.05, 4.69) is 0 Å². The molecule has 57 heavy (non-hydrogen) atoms. The molecule has 8 bridgehead atoms. The minimum atomic E-state index is -2.26. The van der Waals surface area contributed by atoms with E-state index in [4.69, 9.17) is 19.9 Å². The third-order valence-electron chi connectivity index (χ3n) is 9.87. The second kappa shape index (κ2) is 14.6. The molecule has 0 amide bonds. The third-order valence-corrected chi connectivity index (χ3v) is 9.87. The van der Waals surface area contributed by atoms with Gasteiger partial charge in [0.1, 0.15) is 21.1 Å². The van der Waals surface area contributed by atoms with Crippen LogP contribution in [0.4, 0.5) is 22.0 Å². The molecule has 274 valence electrons. The molecule has 0 fully saturated rings. The van der Waals surface area contributed by atoms with Crippen molar-refractivity contribution in [1.29, 1.82) is 0 Å². The van der Waals surface area contributed by atoms with Crippen molar-refractivity contribution in [3.8, 4) is 44.5 Å². The van der Waals surface area contributed by atoms with Crippen LogP contribution >= 0.6 is 0 Å². The van der Waals surface area contributed by atoms with Gasteiger partial charge in [0, 0.05) is 36.4 Å². The number of hydrogen-bond acceptors (Lipinski definition) is 2. The monoisotopic (exact) mass is 814 g/mol. The number of halogens is 5. The minimum absolute atomic E-state index is 0. The third kappa shape index (κ3) is 6.47. The SMILES string of the molecule is C[n+]1ccc(-c2c3nc(c(-c4cc[n+](C)cc4)c4ccc([n-]4)c(-c4c(F)c(F)c(F)c(F)c4F)c4nc(c(-c5cc[n+](C)cc5)c5ccc2[n-]5)C=C4)C=C3)cc1.[Zn+2]. The van der Waals surface area contributed by atoms with Crippen LogP contribution in [0.15, 0.2) is 97.8 Å². The van der Waals surface area contributed by atoms with Crippen LogP contribution in [-0.4, -0.2) is 9.97 Å². The van der Waals surface area contributed by atoms with Crippen LogP contribution in [0.25, 0.3) is 90.9 Å². The van der Waals surface area contributed by atoms with Gasteiger partial charge in [-0.2, -0.15) is 0 Å². The van der Waals surface area contributed by atoms with E-state index in [1.165, 1.54) is 12.1 Å². The zero-order valence-corrected chi connectivity index (χ0v) is 33.7. The van der Waals surface area contributed by atoms with Crippen LogP contribution in [0.5, 0.6) is 0 Å². The summed E-state index contributed by atoms with van der Waals surface area (Å²) < 4.78 is 81.6. The fourth-order valence-electron chi connectivity index (χ4n) is 7.06. The van der Waals surface area contributed by atoms with Gasteiger partial charge in [-0.3, -0.25) is 0 Å². The van der Waals surface area contributed by atoms with Gasteiger partial charge in [0.15, 0.2) is 60.4 Å². The molecule has 0 atom stereocenters. The number of rotatable bonds is 4. The number of fused-ring (bicyclic) bond motifs is 8. The smallest absolute Gasteiger partial charge is 0.657 e. The van der Waals surface area contributed by atoms with E-state index in [0.29, 0.717) is 44.8 Å². The first-order chi connectivity index (χ1) is 27.0. The van der Waals surface area contributed by atoms with Gasteiger partial charge < -0.3 is 9.97 Å². The molecule has 0 saturated carbocycles.